The lowest BCUT2D eigenvalue weighted by Crippen LogP contribution is -1.95. The van der Waals surface area contributed by atoms with Crippen molar-refractivity contribution in [2.24, 2.45) is 0 Å². The molecule has 3 nitrogen and oxygen atoms in total. The van der Waals surface area contributed by atoms with Crippen molar-refractivity contribution in [3.8, 4) is 0 Å². The van der Waals surface area contributed by atoms with Crippen molar-refractivity contribution in [1.82, 2.24) is 9.97 Å². The average molecular weight is 185 g/mol. The molecule has 0 saturated carbocycles. The predicted octanol–water partition coefficient (Wildman–Crippen LogP) is 2.53. The number of nitrogens with zero attached hydrogens (tertiary/aromatic N) is 2. The fourth-order valence-electron chi connectivity index (χ4n) is 1.19. The van der Waals surface area contributed by atoms with Gasteiger partial charge in [-0.25, -0.2) is 4.98 Å². The first kappa shape index (κ1) is 8.69. The van der Waals surface area contributed by atoms with Crippen LogP contribution in [-0.2, 0) is 0 Å². The van der Waals surface area contributed by atoms with Gasteiger partial charge in [-0.1, -0.05) is 6.07 Å². The summed E-state index contributed by atoms with van der Waals surface area (Å²) in [7, 11) is 0. The molecule has 0 fully saturated rings. The third-order valence-electron chi connectivity index (χ3n) is 1.95. The second-order valence-electron chi connectivity index (χ2n) is 3.03. The largest absolute Gasteiger partial charge is 0.340 e. The summed E-state index contributed by atoms with van der Waals surface area (Å²) in [6.45, 7) is 2.02. The lowest BCUT2D eigenvalue weighted by atomic mass is 10.3. The van der Waals surface area contributed by atoms with E-state index >= 15 is 0 Å². The Bertz CT molecular complexity index is 412. The Morgan fingerprint density at radius 1 is 1.07 bits per heavy atom. The lowest BCUT2D eigenvalue weighted by molar-refractivity contribution is 1.25. The molecule has 70 valence electrons. The minimum atomic E-state index is 0.888. The number of hydrogen-bond donors (Lipinski definition) is 1. The highest BCUT2D eigenvalue weighted by atomic mass is 15.0. The fraction of sp³-hybridized carbons (Fsp3) is 0.0909. The number of hydrogen-bond acceptors (Lipinski definition) is 3. The van der Waals surface area contributed by atoms with Crippen LogP contribution in [0, 0.1) is 6.92 Å². The highest BCUT2D eigenvalue weighted by Crippen LogP contribution is 2.15. The second-order valence-corrected chi connectivity index (χ2v) is 3.03. The first-order valence-corrected chi connectivity index (χ1v) is 4.45. The summed E-state index contributed by atoms with van der Waals surface area (Å²) in [6.07, 6.45) is 5.28. The Balaban J connectivity index is 2.24. The van der Waals surface area contributed by atoms with Crippen LogP contribution in [0.25, 0.3) is 0 Å². The number of rotatable bonds is 2. The Kier molecular flexibility index (Phi) is 2.40. The maximum absolute atomic E-state index is 4.24. The lowest BCUT2D eigenvalue weighted by Gasteiger charge is -2.06. The minimum absolute atomic E-state index is 0.888. The van der Waals surface area contributed by atoms with Gasteiger partial charge in [-0.3, -0.25) is 4.98 Å². The van der Waals surface area contributed by atoms with Crippen molar-refractivity contribution >= 4 is 11.5 Å². The number of anilines is 2. The predicted molar refractivity (Wildman–Crippen MR) is 56.5 cm³/mol. The quantitative estimate of drug-likeness (QED) is 0.781. The van der Waals surface area contributed by atoms with Gasteiger partial charge in [-0.2, -0.15) is 0 Å². The summed E-state index contributed by atoms with van der Waals surface area (Å²) in [6, 6.07) is 7.77. The van der Waals surface area contributed by atoms with Crippen LogP contribution in [0.4, 0.5) is 11.5 Å². The van der Waals surface area contributed by atoms with Gasteiger partial charge >= 0.3 is 0 Å². The van der Waals surface area contributed by atoms with E-state index in [9.17, 15) is 0 Å². The summed E-state index contributed by atoms with van der Waals surface area (Å²) < 4.78 is 0. The average Bonchev–Trinajstić information content (AvgIpc) is 2.23. The van der Waals surface area contributed by atoms with Crippen molar-refractivity contribution in [2.75, 3.05) is 5.32 Å². The van der Waals surface area contributed by atoms with E-state index in [-0.39, 0.29) is 0 Å². The minimum Gasteiger partial charge on any atom is -0.340 e. The summed E-state index contributed by atoms with van der Waals surface area (Å²) in [5, 5.41) is 3.22. The van der Waals surface area contributed by atoms with E-state index in [1.807, 2.05) is 31.2 Å². The third kappa shape index (κ3) is 1.88. The van der Waals surface area contributed by atoms with Gasteiger partial charge in [0.05, 0.1) is 0 Å². The standard InChI is InChI=1S/C11H11N3/c1-9-3-2-6-13-11(9)14-10-4-7-12-8-5-10/h2-8H,1H3,(H,12,13,14). The number of aryl methyl sites for hydroxylation is 1. The molecular weight excluding hydrogens is 174 g/mol. The molecule has 0 atom stereocenters. The molecule has 0 aliphatic rings. The molecule has 0 amide bonds. The molecule has 0 radical (unpaired) electrons. The van der Waals surface area contributed by atoms with E-state index in [1.54, 1.807) is 18.6 Å². The molecule has 3 heteroatoms. The summed E-state index contributed by atoms with van der Waals surface area (Å²) in [5.41, 5.74) is 2.13. The fourth-order valence-corrected chi connectivity index (χ4v) is 1.19. The van der Waals surface area contributed by atoms with Crippen LogP contribution in [0.3, 0.4) is 0 Å². The first-order chi connectivity index (χ1) is 6.86. The zero-order valence-corrected chi connectivity index (χ0v) is 7.94. The van der Waals surface area contributed by atoms with Gasteiger partial charge in [0.25, 0.3) is 0 Å². The maximum Gasteiger partial charge on any atom is 0.133 e. The van der Waals surface area contributed by atoms with Crippen molar-refractivity contribution in [3.63, 3.8) is 0 Å². The molecule has 2 rings (SSSR count). The topological polar surface area (TPSA) is 37.8 Å². The molecule has 0 spiro atoms. The molecule has 0 saturated heterocycles. The molecular formula is C11H11N3. The molecule has 14 heavy (non-hydrogen) atoms. The Morgan fingerprint density at radius 3 is 2.57 bits per heavy atom. The molecule has 0 aliphatic carbocycles. The number of pyridine rings is 2. The Hall–Kier alpha value is -1.90. The maximum atomic E-state index is 4.24. The molecule has 0 bridgehead atoms. The molecule has 0 aromatic carbocycles. The molecule has 0 aliphatic heterocycles. The van der Waals surface area contributed by atoms with E-state index in [2.05, 4.69) is 15.3 Å². The van der Waals surface area contributed by atoms with Crippen molar-refractivity contribution < 1.29 is 0 Å². The number of nitrogens with one attached hydrogen (secondary N) is 1. The highest BCUT2D eigenvalue weighted by molar-refractivity contribution is 5.57. The van der Waals surface area contributed by atoms with Crippen molar-refractivity contribution in [1.29, 1.82) is 0 Å². The van der Waals surface area contributed by atoms with Gasteiger partial charge in [0.15, 0.2) is 0 Å². The second kappa shape index (κ2) is 3.87. The summed E-state index contributed by atoms with van der Waals surface area (Å²) in [5.74, 6) is 0.888. The molecule has 0 unspecified atom stereocenters. The molecule has 2 aromatic heterocycles. The van der Waals surface area contributed by atoms with Crippen molar-refractivity contribution in [2.45, 2.75) is 6.92 Å². The number of aromatic nitrogens is 2. The highest BCUT2D eigenvalue weighted by Gasteiger charge is 1.97. The molecule has 2 aromatic rings. The van der Waals surface area contributed by atoms with Gasteiger partial charge in [0.1, 0.15) is 5.82 Å². The normalized spacial score (nSPS) is 9.79. The zero-order chi connectivity index (χ0) is 9.80. The van der Waals surface area contributed by atoms with Crippen LogP contribution in [0.15, 0.2) is 42.9 Å². The van der Waals surface area contributed by atoms with Gasteiger partial charge in [0, 0.05) is 24.3 Å². The third-order valence-corrected chi connectivity index (χ3v) is 1.95. The van der Waals surface area contributed by atoms with Crippen LogP contribution in [0.1, 0.15) is 5.56 Å². The van der Waals surface area contributed by atoms with E-state index in [1.165, 1.54) is 0 Å². The van der Waals surface area contributed by atoms with Crippen LogP contribution in [0.5, 0.6) is 0 Å². The van der Waals surface area contributed by atoms with Gasteiger partial charge < -0.3 is 5.32 Å². The van der Waals surface area contributed by atoms with Gasteiger partial charge in [-0.15, -0.1) is 0 Å². The van der Waals surface area contributed by atoms with Crippen LogP contribution in [-0.4, -0.2) is 9.97 Å². The monoisotopic (exact) mass is 185 g/mol. The van der Waals surface area contributed by atoms with E-state index in [0.717, 1.165) is 17.1 Å². The molecule has 2 heterocycles. The summed E-state index contributed by atoms with van der Waals surface area (Å²) in [4.78, 5) is 8.19. The molecule has 1 N–H and O–H groups in total. The smallest absolute Gasteiger partial charge is 0.133 e. The Morgan fingerprint density at radius 2 is 1.86 bits per heavy atom. The first-order valence-electron chi connectivity index (χ1n) is 4.45. The van der Waals surface area contributed by atoms with Crippen LogP contribution < -0.4 is 5.32 Å². The zero-order valence-electron chi connectivity index (χ0n) is 7.94. The van der Waals surface area contributed by atoms with E-state index < -0.39 is 0 Å². The summed E-state index contributed by atoms with van der Waals surface area (Å²) >= 11 is 0. The Labute approximate surface area is 82.8 Å². The van der Waals surface area contributed by atoms with Crippen LogP contribution >= 0.6 is 0 Å². The van der Waals surface area contributed by atoms with Crippen molar-refractivity contribution in [3.05, 3.63) is 48.4 Å². The van der Waals surface area contributed by atoms with Gasteiger partial charge in [0.2, 0.25) is 0 Å². The van der Waals surface area contributed by atoms with E-state index in [0.29, 0.717) is 0 Å². The van der Waals surface area contributed by atoms with Gasteiger partial charge in [-0.05, 0) is 30.7 Å². The SMILES string of the molecule is Cc1cccnc1Nc1ccncc1. The van der Waals surface area contributed by atoms with Crippen LogP contribution in [0.2, 0.25) is 0 Å². The van der Waals surface area contributed by atoms with E-state index in [4.69, 9.17) is 0 Å².